The Hall–Kier alpha value is -4.27. The minimum atomic E-state index is -5.49. The lowest BCUT2D eigenvalue weighted by molar-refractivity contribution is -0.241. The molecule has 14 heteroatoms. The first-order valence-corrected chi connectivity index (χ1v) is 12.4. The average molecular weight is 578 g/mol. The third kappa shape index (κ3) is 6.73. The highest BCUT2D eigenvalue weighted by Gasteiger charge is 2.49. The molecule has 1 aliphatic rings. The van der Waals surface area contributed by atoms with E-state index in [1.54, 1.807) is 0 Å². The maximum absolute atomic E-state index is 13.3. The van der Waals surface area contributed by atoms with E-state index in [1.165, 1.54) is 29.7 Å². The Morgan fingerprint density at radius 3 is 2.37 bits per heavy atom. The predicted octanol–water partition coefficient (Wildman–Crippen LogP) is 2.59. The van der Waals surface area contributed by atoms with E-state index in [9.17, 15) is 37.8 Å². The molecule has 0 saturated heterocycles. The minimum absolute atomic E-state index is 0.0482. The van der Waals surface area contributed by atoms with E-state index in [0.29, 0.717) is 5.75 Å². The second-order valence-corrected chi connectivity index (χ2v) is 9.52. The highest BCUT2D eigenvalue weighted by atomic mass is 19.4. The van der Waals surface area contributed by atoms with Crippen LogP contribution in [0.5, 0.6) is 5.75 Å². The maximum atomic E-state index is 13.3. The fourth-order valence-electron chi connectivity index (χ4n) is 4.66. The van der Waals surface area contributed by atoms with Crippen molar-refractivity contribution in [2.75, 3.05) is 0 Å². The minimum Gasteiger partial charge on any atom is -0.489 e. The van der Waals surface area contributed by atoms with E-state index in [0.717, 1.165) is 22.2 Å². The number of hydrogen-bond donors (Lipinski definition) is 4. The smallest absolute Gasteiger partial charge is 0.489 e. The SMILES string of the molecule is Cc1cc(COc2ccc(C(=O)N(OC(=O)C(F)(F)F)[C@@H]3CC(O)C(O)C[C@@H]3C(=O)NO)cc2)c2ccccc2n1. The Bertz CT molecular complexity index is 1430. The summed E-state index contributed by atoms with van der Waals surface area (Å²) in [6.45, 7) is 1.99. The number of hydroxylamine groups is 3. The van der Waals surface area contributed by atoms with Gasteiger partial charge in [-0.05, 0) is 49.7 Å². The van der Waals surface area contributed by atoms with Crippen molar-refractivity contribution in [2.45, 2.75) is 50.8 Å². The van der Waals surface area contributed by atoms with Crippen LogP contribution in [0.3, 0.4) is 0 Å². The second-order valence-electron chi connectivity index (χ2n) is 9.52. The normalized spacial score (nSPS) is 20.8. The number of hydrogen-bond acceptors (Lipinski definition) is 9. The number of fused-ring (bicyclic) bond motifs is 1. The summed E-state index contributed by atoms with van der Waals surface area (Å²) in [6, 6.07) is 12.9. The molecule has 1 aromatic heterocycles. The van der Waals surface area contributed by atoms with Gasteiger partial charge in [-0.15, -0.1) is 0 Å². The molecule has 1 fully saturated rings. The number of amides is 2. The monoisotopic (exact) mass is 577 g/mol. The van der Waals surface area contributed by atoms with E-state index in [-0.39, 0.29) is 17.2 Å². The summed E-state index contributed by atoms with van der Waals surface area (Å²) in [5, 5.41) is 30.1. The standard InChI is InChI=1S/C27H26F3N3O8/c1-14-10-16(18-4-2-3-5-20(18)31-14)13-40-17-8-6-15(7-9-17)25(37)33(41-26(38)27(28,29)30)21-12-23(35)22(34)11-19(21)24(36)32-39/h2-10,19,21-23,34-35,39H,11-13H2,1H3,(H,32,36)/t19-,21+,22?,23?/m0/s1. The summed E-state index contributed by atoms with van der Waals surface area (Å²) in [5.74, 6) is -6.36. The van der Waals surface area contributed by atoms with Crippen molar-refractivity contribution in [3.8, 4) is 5.75 Å². The quantitative estimate of drug-likeness (QED) is 0.255. The molecule has 1 heterocycles. The van der Waals surface area contributed by atoms with E-state index in [1.807, 2.05) is 37.3 Å². The molecule has 1 saturated carbocycles. The van der Waals surface area contributed by atoms with Gasteiger partial charge in [0.2, 0.25) is 5.91 Å². The number of aliphatic hydroxyl groups is 2. The van der Waals surface area contributed by atoms with Crippen LogP contribution < -0.4 is 10.2 Å². The van der Waals surface area contributed by atoms with Gasteiger partial charge in [0.25, 0.3) is 5.91 Å². The number of rotatable bonds is 6. The number of para-hydroxylation sites is 1. The highest BCUT2D eigenvalue weighted by Crippen LogP contribution is 2.32. The Balaban J connectivity index is 1.58. The predicted molar refractivity (Wildman–Crippen MR) is 134 cm³/mol. The van der Waals surface area contributed by atoms with E-state index >= 15 is 0 Å². The van der Waals surface area contributed by atoms with Gasteiger partial charge in [0, 0.05) is 28.6 Å². The zero-order chi connectivity index (χ0) is 29.9. The zero-order valence-electron chi connectivity index (χ0n) is 21.5. The summed E-state index contributed by atoms with van der Waals surface area (Å²) in [4.78, 5) is 46.1. The molecule has 0 aliphatic heterocycles. The summed E-state index contributed by atoms with van der Waals surface area (Å²) in [5.41, 5.74) is 3.50. The van der Waals surface area contributed by atoms with Crippen molar-refractivity contribution in [1.29, 1.82) is 0 Å². The number of carbonyl (C=O) groups is 3. The third-order valence-corrected chi connectivity index (χ3v) is 6.67. The van der Waals surface area contributed by atoms with Crippen LogP contribution >= 0.6 is 0 Å². The number of carbonyl (C=O) groups excluding carboxylic acids is 3. The molecule has 1 aliphatic carbocycles. The first-order chi connectivity index (χ1) is 19.4. The van der Waals surface area contributed by atoms with Gasteiger partial charge in [0.15, 0.2) is 0 Å². The molecule has 0 bridgehead atoms. The molecule has 2 amide bonds. The van der Waals surface area contributed by atoms with Crippen LogP contribution in [0.4, 0.5) is 13.2 Å². The van der Waals surface area contributed by atoms with Crippen LogP contribution in [-0.2, 0) is 21.0 Å². The molecule has 4 atom stereocenters. The van der Waals surface area contributed by atoms with Crippen molar-refractivity contribution in [3.63, 3.8) is 0 Å². The van der Waals surface area contributed by atoms with Crippen LogP contribution in [0.15, 0.2) is 54.6 Å². The largest absolute Gasteiger partial charge is 0.493 e. The van der Waals surface area contributed by atoms with Gasteiger partial charge in [-0.1, -0.05) is 18.2 Å². The topological polar surface area (TPSA) is 159 Å². The number of pyridine rings is 1. The number of halogens is 3. The van der Waals surface area contributed by atoms with Gasteiger partial charge >= 0.3 is 12.1 Å². The van der Waals surface area contributed by atoms with Crippen molar-refractivity contribution in [1.82, 2.24) is 15.5 Å². The van der Waals surface area contributed by atoms with Crippen LogP contribution in [0.25, 0.3) is 10.9 Å². The number of nitrogens with zero attached hydrogens (tertiary/aromatic N) is 2. The molecule has 4 N–H and O–H groups in total. The molecule has 218 valence electrons. The number of aromatic nitrogens is 1. The zero-order valence-corrected chi connectivity index (χ0v) is 21.5. The lowest BCUT2D eigenvalue weighted by Crippen LogP contribution is -2.57. The van der Waals surface area contributed by atoms with E-state index in [4.69, 9.17) is 9.94 Å². The summed E-state index contributed by atoms with van der Waals surface area (Å²) < 4.78 is 45.0. The molecule has 11 nitrogen and oxygen atoms in total. The van der Waals surface area contributed by atoms with Gasteiger partial charge < -0.3 is 19.8 Å². The lowest BCUT2D eigenvalue weighted by Gasteiger charge is -2.40. The molecule has 0 spiro atoms. The Morgan fingerprint density at radius 1 is 1.05 bits per heavy atom. The average Bonchev–Trinajstić information content (AvgIpc) is 2.94. The van der Waals surface area contributed by atoms with E-state index in [2.05, 4.69) is 9.82 Å². The fourth-order valence-corrected chi connectivity index (χ4v) is 4.66. The van der Waals surface area contributed by atoms with Gasteiger partial charge in [-0.3, -0.25) is 19.8 Å². The van der Waals surface area contributed by atoms with Gasteiger partial charge in [0.1, 0.15) is 12.4 Å². The van der Waals surface area contributed by atoms with Gasteiger partial charge in [-0.2, -0.15) is 18.2 Å². The second kappa shape index (κ2) is 12.1. The first kappa shape index (κ1) is 29.7. The molecule has 4 rings (SSSR count). The van der Waals surface area contributed by atoms with Gasteiger partial charge in [0.05, 0.1) is 29.7 Å². The number of alkyl halides is 3. The van der Waals surface area contributed by atoms with Crippen molar-refractivity contribution >= 4 is 28.7 Å². The fraction of sp³-hybridized carbons (Fsp3) is 0.333. The number of nitrogens with one attached hydrogen (secondary N) is 1. The van der Waals surface area contributed by atoms with Gasteiger partial charge in [-0.25, -0.2) is 10.3 Å². The Labute approximate surface area is 231 Å². The molecular formula is C27H26F3N3O8. The summed E-state index contributed by atoms with van der Waals surface area (Å²) >= 11 is 0. The van der Waals surface area contributed by atoms with Crippen LogP contribution in [0.1, 0.15) is 34.5 Å². The Kier molecular flexibility index (Phi) is 8.75. The van der Waals surface area contributed by atoms with Crippen LogP contribution in [-0.4, -0.2) is 67.7 Å². The van der Waals surface area contributed by atoms with E-state index < -0.39 is 61.0 Å². The summed E-state index contributed by atoms with van der Waals surface area (Å²) in [6.07, 6.45) is -9.71. The molecule has 3 aromatic rings. The first-order valence-electron chi connectivity index (χ1n) is 12.4. The third-order valence-electron chi connectivity index (χ3n) is 6.67. The molecule has 41 heavy (non-hydrogen) atoms. The summed E-state index contributed by atoms with van der Waals surface area (Å²) in [7, 11) is 0. The number of aliphatic hydroxyl groups excluding tert-OH is 2. The molecule has 2 aromatic carbocycles. The van der Waals surface area contributed by atoms with Crippen LogP contribution in [0, 0.1) is 12.8 Å². The lowest BCUT2D eigenvalue weighted by atomic mass is 9.80. The number of benzene rings is 2. The van der Waals surface area contributed by atoms with Crippen molar-refractivity contribution in [2.24, 2.45) is 5.92 Å². The Morgan fingerprint density at radius 2 is 1.71 bits per heavy atom. The van der Waals surface area contributed by atoms with Crippen LogP contribution in [0.2, 0.25) is 0 Å². The number of aryl methyl sites for hydroxylation is 1. The van der Waals surface area contributed by atoms with Crippen molar-refractivity contribution in [3.05, 3.63) is 71.4 Å². The molecule has 0 radical (unpaired) electrons. The maximum Gasteiger partial charge on any atom is 0.493 e. The number of ether oxygens (including phenoxy) is 1. The van der Waals surface area contributed by atoms with Crippen molar-refractivity contribution < 1.29 is 52.5 Å². The molecular weight excluding hydrogens is 551 g/mol. The molecule has 2 unspecified atom stereocenters. The highest BCUT2D eigenvalue weighted by molar-refractivity contribution is 5.95.